The maximum Gasteiger partial charge on any atom is 0.229 e. The van der Waals surface area contributed by atoms with Gasteiger partial charge in [0.2, 0.25) is 5.95 Å². The van der Waals surface area contributed by atoms with Gasteiger partial charge in [-0.3, -0.25) is 0 Å². The topological polar surface area (TPSA) is 63.0 Å². The number of furan rings is 1. The van der Waals surface area contributed by atoms with Crippen LogP contribution in [-0.2, 0) is 6.54 Å². The van der Waals surface area contributed by atoms with Crippen LogP contribution in [-0.4, -0.2) is 9.97 Å². The predicted octanol–water partition coefficient (Wildman–Crippen LogP) is 4.01. The Balaban J connectivity index is 1.77. The van der Waals surface area contributed by atoms with Crippen LogP contribution in [0.3, 0.4) is 0 Å². The molecule has 0 amide bonds. The molecule has 3 rings (SSSR count). The van der Waals surface area contributed by atoms with Gasteiger partial charge in [0, 0.05) is 17.8 Å². The van der Waals surface area contributed by atoms with Crippen molar-refractivity contribution in [2.45, 2.75) is 13.5 Å². The van der Waals surface area contributed by atoms with E-state index in [1.54, 1.807) is 25.3 Å². The van der Waals surface area contributed by atoms with Crippen LogP contribution >= 0.6 is 0 Å². The van der Waals surface area contributed by atoms with E-state index in [0.717, 1.165) is 17.9 Å². The van der Waals surface area contributed by atoms with E-state index in [-0.39, 0.29) is 11.6 Å². The van der Waals surface area contributed by atoms with Crippen molar-refractivity contribution in [2.75, 3.05) is 10.6 Å². The molecule has 2 heterocycles. The highest BCUT2D eigenvalue weighted by molar-refractivity contribution is 5.56. The Morgan fingerprint density at radius 2 is 2.00 bits per heavy atom. The molecule has 0 atom stereocenters. The SMILES string of the molecule is Cc1cc(NCc2ccco2)nc(Nc2ccc(F)cc2F)n1. The van der Waals surface area contributed by atoms with Crippen LogP contribution in [0.1, 0.15) is 11.5 Å². The molecular formula is C16H14F2N4O. The Labute approximate surface area is 131 Å². The summed E-state index contributed by atoms with van der Waals surface area (Å²) in [5.74, 6) is 0.205. The summed E-state index contributed by atoms with van der Waals surface area (Å²) < 4.78 is 31.8. The standard InChI is InChI=1S/C16H14F2N4O/c1-10-7-15(19-9-12-3-2-6-23-12)22-16(20-10)21-14-5-4-11(17)8-13(14)18/h2-8H,9H2,1H3,(H2,19,20,21,22). The van der Waals surface area contributed by atoms with Gasteiger partial charge in [-0.2, -0.15) is 4.98 Å². The van der Waals surface area contributed by atoms with E-state index in [1.807, 2.05) is 6.07 Å². The lowest BCUT2D eigenvalue weighted by Crippen LogP contribution is -2.06. The summed E-state index contributed by atoms with van der Waals surface area (Å²) in [5, 5.41) is 5.85. The average Bonchev–Trinajstić information content (AvgIpc) is 3.01. The summed E-state index contributed by atoms with van der Waals surface area (Å²) in [6.45, 7) is 2.26. The van der Waals surface area contributed by atoms with Crippen LogP contribution in [0.25, 0.3) is 0 Å². The average molecular weight is 316 g/mol. The Morgan fingerprint density at radius 1 is 1.13 bits per heavy atom. The van der Waals surface area contributed by atoms with Gasteiger partial charge in [-0.05, 0) is 31.2 Å². The number of aromatic nitrogens is 2. The first kappa shape index (κ1) is 15.0. The van der Waals surface area contributed by atoms with Crippen LogP contribution in [0.15, 0.2) is 47.1 Å². The van der Waals surface area contributed by atoms with Gasteiger partial charge in [0.1, 0.15) is 23.2 Å². The molecule has 0 fully saturated rings. The first-order valence-electron chi connectivity index (χ1n) is 6.94. The number of anilines is 3. The fourth-order valence-electron chi connectivity index (χ4n) is 2.02. The number of hydrogen-bond donors (Lipinski definition) is 2. The van der Waals surface area contributed by atoms with Crippen molar-refractivity contribution in [2.24, 2.45) is 0 Å². The maximum atomic E-state index is 13.7. The van der Waals surface area contributed by atoms with Crippen molar-refractivity contribution in [3.8, 4) is 0 Å². The second kappa shape index (κ2) is 6.43. The number of hydrogen-bond acceptors (Lipinski definition) is 5. The second-order valence-corrected chi connectivity index (χ2v) is 4.90. The van der Waals surface area contributed by atoms with E-state index in [4.69, 9.17) is 4.42 Å². The van der Waals surface area contributed by atoms with Gasteiger partial charge in [-0.1, -0.05) is 0 Å². The van der Waals surface area contributed by atoms with Gasteiger partial charge in [-0.15, -0.1) is 0 Å². The van der Waals surface area contributed by atoms with Crippen molar-refractivity contribution in [3.63, 3.8) is 0 Å². The summed E-state index contributed by atoms with van der Waals surface area (Å²) in [6, 6.07) is 8.66. The quantitative estimate of drug-likeness (QED) is 0.744. The lowest BCUT2D eigenvalue weighted by Gasteiger charge is -2.10. The minimum Gasteiger partial charge on any atom is -0.467 e. The molecule has 0 saturated carbocycles. The Kier molecular flexibility index (Phi) is 4.18. The van der Waals surface area contributed by atoms with Crippen molar-refractivity contribution in [1.29, 1.82) is 0 Å². The molecule has 0 unspecified atom stereocenters. The van der Waals surface area contributed by atoms with E-state index in [1.165, 1.54) is 6.07 Å². The highest BCUT2D eigenvalue weighted by Gasteiger charge is 2.08. The minimum absolute atomic E-state index is 0.106. The Morgan fingerprint density at radius 3 is 2.74 bits per heavy atom. The number of benzene rings is 1. The second-order valence-electron chi connectivity index (χ2n) is 4.90. The minimum atomic E-state index is -0.708. The zero-order valence-electron chi connectivity index (χ0n) is 12.3. The molecule has 0 saturated heterocycles. The Hall–Kier alpha value is -2.96. The molecule has 2 N–H and O–H groups in total. The van der Waals surface area contributed by atoms with Crippen molar-refractivity contribution < 1.29 is 13.2 Å². The van der Waals surface area contributed by atoms with Crippen molar-refractivity contribution >= 4 is 17.5 Å². The zero-order chi connectivity index (χ0) is 16.2. The summed E-state index contributed by atoms with van der Waals surface area (Å²) in [6.07, 6.45) is 1.59. The summed E-state index contributed by atoms with van der Waals surface area (Å²) in [7, 11) is 0. The van der Waals surface area contributed by atoms with E-state index < -0.39 is 11.6 Å². The monoisotopic (exact) mass is 316 g/mol. The molecule has 0 aliphatic rings. The summed E-state index contributed by atoms with van der Waals surface area (Å²) >= 11 is 0. The lowest BCUT2D eigenvalue weighted by atomic mass is 10.3. The molecule has 3 aromatic rings. The molecular weight excluding hydrogens is 302 g/mol. The summed E-state index contributed by atoms with van der Waals surface area (Å²) in [4.78, 5) is 8.45. The van der Waals surface area contributed by atoms with Crippen LogP contribution in [0, 0.1) is 18.6 Å². The molecule has 5 nitrogen and oxygen atoms in total. The normalized spacial score (nSPS) is 10.6. The van der Waals surface area contributed by atoms with Gasteiger partial charge in [0.15, 0.2) is 0 Å². The third-order valence-electron chi connectivity index (χ3n) is 3.06. The lowest BCUT2D eigenvalue weighted by molar-refractivity contribution is 0.518. The van der Waals surface area contributed by atoms with Crippen LogP contribution in [0.5, 0.6) is 0 Å². The first-order valence-corrected chi connectivity index (χ1v) is 6.94. The van der Waals surface area contributed by atoms with Gasteiger partial charge >= 0.3 is 0 Å². The molecule has 0 radical (unpaired) electrons. The molecule has 2 aromatic heterocycles. The zero-order valence-corrected chi connectivity index (χ0v) is 12.3. The molecule has 118 valence electrons. The fraction of sp³-hybridized carbons (Fsp3) is 0.125. The third kappa shape index (κ3) is 3.82. The van der Waals surface area contributed by atoms with Gasteiger partial charge in [0.25, 0.3) is 0 Å². The van der Waals surface area contributed by atoms with Crippen LogP contribution in [0.4, 0.5) is 26.2 Å². The molecule has 0 spiro atoms. The van der Waals surface area contributed by atoms with Gasteiger partial charge in [-0.25, -0.2) is 13.8 Å². The molecule has 7 heteroatoms. The molecule has 0 bridgehead atoms. The number of halogens is 2. The van der Waals surface area contributed by atoms with E-state index in [9.17, 15) is 8.78 Å². The largest absolute Gasteiger partial charge is 0.467 e. The van der Waals surface area contributed by atoms with Crippen LogP contribution < -0.4 is 10.6 Å². The number of rotatable bonds is 5. The summed E-state index contributed by atoms with van der Waals surface area (Å²) in [5.41, 5.74) is 0.806. The van der Waals surface area contributed by atoms with Crippen molar-refractivity contribution in [3.05, 3.63) is 65.7 Å². The molecule has 1 aromatic carbocycles. The number of nitrogens with one attached hydrogen (secondary N) is 2. The van der Waals surface area contributed by atoms with E-state index >= 15 is 0 Å². The van der Waals surface area contributed by atoms with Gasteiger partial charge in [0.05, 0.1) is 18.5 Å². The highest BCUT2D eigenvalue weighted by atomic mass is 19.1. The van der Waals surface area contributed by atoms with E-state index in [0.29, 0.717) is 18.1 Å². The maximum absolute atomic E-state index is 13.7. The van der Waals surface area contributed by atoms with Crippen molar-refractivity contribution in [1.82, 2.24) is 9.97 Å². The fourth-order valence-corrected chi connectivity index (χ4v) is 2.02. The van der Waals surface area contributed by atoms with Gasteiger partial charge < -0.3 is 15.1 Å². The molecule has 23 heavy (non-hydrogen) atoms. The third-order valence-corrected chi connectivity index (χ3v) is 3.06. The van der Waals surface area contributed by atoms with E-state index in [2.05, 4.69) is 20.6 Å². The molecule has 0 aliphatic heterocycles. The smallest absolute Gasteiger partial charge is 0.229 e. The van der Waals surface area contributed by atoms with Crippen LogP contribution in [0.2, 0.25) is 0 Å². The predicted molar refractivity (Wildman–Crippen MR) is 82.4 cm³/mol. The number of nitrogens with zero attached hydrogens (tertiary/aromatic N) is 2. The number of aryl methyl sites for hydroxylation is 1. The molecule has 0 aliphatic carbocycles. The Bertz CT molecular complexity index is 806. The first-order chi connectivity index (χ1) is 11.1. The highest BCUT2D eigenvalue weighted by Crippen LogP contribution is 2.20.